The van der Waals surface area contributed by atoms with Crippen LogP contribution in [0.1, 0.15) is 98.8 Å². The van der Waals surface area contributed by atoms with Crippen LogP contribution >= 0.6 is 0 Å². The lowest BCUT2D eigenvalue weighted by Crippen LogP contribution is -2.56. The molecule has 0 aliphatic heterocycles. The fraction of sp³-hybridized carbons (Fsp3) is 0.926. The van der Waals surface area contributed by atoms with Gasteiger partial charge in [0.2, 0.25) is 0 Å². The zero-order chi connectivity index (χ0) is 21.8. The maximum absolute atomic E-state index is 13.2. The molecule has 4 saturated carbocycles. The molecule has 0 heterocycles. The summed E-state index contributed by atoms with van der Waals surface area (Å²) in [5.74, 6) is 3.67. The largest absolute Gasteiger partial charge is 0.393 e. The first kappa shape index (κ1) is 22.5. The van der Waals surface area contributed by atoms with Gasteiger partial charge in [-0.3, -0.25) is 9.59 Å². The van der Waals surface area contributed by atoms with Gasteiger partial charge < -0.3 is 5.11 Å². The minimum Gasteiger partial charge on any atom is -0.393 e. The zero-order valence-electron chi connectivity index (χ0n) is 20.0. The topological polar surface area (TPSA) is 54.4 Å². The fourth-order valence-corrected chi connectivity index (χ4v) is 8.95. The van der Waals surface area contributed by atoms with E-state index in [0.29, 0.717) is 54.6 Å². The fourth-order valence-electron chi connectivity index (χ4n) is 8.95. The van der Waals surface area contributed by atoms with E-state index in [4.69, 9.17) is 0 Å². The normalized spacial score (nSPS) is 47.0. The van der Waals surface area contributed by atoms with E-state index in [1.807, 2.05) is 0 Å². The Balaban J connectivity index is 1.55. The number of hydrogen-bond donors (Lipinski definition) is 1. The highest BCUT2D eigenvalue weighted by atomic mass is 16.3. The monoisotopic (exact) mass is 416 g/mol. The molecule has 3 nitrogen and oxygen atoms in total. The van der Waals surface area contributed by atoms with Gasteiger partial charge in [0, 0.05) is 25.2 Å². The first-order chi connectivity index (χ1) is 14.1. The average Bonchev–Trinajstić information content (AvgIpc) is 2.93. The predicted molar refractivity (Wildman–Crippen MR) is 120 cm³/mol. The lowest BCUT2D eigenvalue weighted by molar-refractivity contribution is -0.159. The van der Waals surface area contributed by atoms with Crippen molar-refractivity contribution in [2.75, 3.05) is 0 Å². The van der Waals surface area contributed by atoms with Crippen LogP contribution < -0.4 is 0 Å². The Labute approximate surface area is 183 Å². The Morgan fingerprint density at radius 2 is 1.73 bits per heavy atom. The van der Waals surface area contributed by atoms with Crippen LogP contribution in [0.4, 0.5) is 0 Å². The summed E-state index contributed by atoms with van der Waals surface area (Å²) < 4.78 is 0. The third-order valence-corrected chi connectivity index (χ3v) is 10.4. The maximum Gasteiger partial charge on any atom is 0.137 e. The summed E-state index contributed by atoms with van der Waals surface area (Å²) in [6.45, 7) is 11.7. The highest BCUT2D eigenvalue weighted by Gasteiger charge is 2.64. The Morgan fingerprint density at radius 3 is 2.43 bits per heavy atom. The van der Waals surface area contributed by atoms with Crippen LogP contribution in [0.3, 0.4) is 0 Å². The van der Waals surface area contributed by atoms with E-state index in [-0.39, 0.29) is 28.6 Å². The number of carbonyl (C=O) groups excluding carboxylic acids is 2. The molecule has 0 bridgehead atoms. The van der Waals surface area contributed by atoms with E-state index in [2.05, 4.69) is 34.6 Å². The maximum atomic E-state index is 13.2. The molecule has 30 heavy (non-hydrogen) atoms. The van der Waals surface area contributed by atoms with Crippen molar-refractivity contribution in [1.82, 2.24) is 0 Å². The zero-order valence-corrected chi connectivity index (χ0v) is 20.0. The van der Waals surface area contributed by atoms with Gasteiger partial charge in [-0.15, -0.1) is 0 Å². The molecule has 0 aromatic heterocycles. The van der Waals surface area contributed by atoms with Gasteiger partial charge in [0.15, 0.2) is 0 Å². The van der Waals surface area contributed by atoms with Crippen molar-refractivity contribution in [2.45, 2.75) is 105 Å². The van der Waals surface area contributed by atoms with Crippen LogP contribution in [0.2, 0.25) is 0 Å². The summed E-state index contributed by atoms with van der Waals surface area (Å²) in [6, 6.07) is 0. The van der Waals surface area contributed by atoms with Gasteiger partial charge >= 0.3 is 0 Å². The molecular weight excluding hydrogens is 372 g/mol. The molecule has 170 valence electrons. The molecule has 3 heteroatoms. The summed E-state index contributed by atoms with van der Waals surface area (Å²) >= 11 is 0. The Kier molecular flexibility index (Phi) is 6.01. The van der Waals surface area contributed by atoms with Gasteiger partial charge in [-0.2, -0.15) is 0 Å². The van der Waals surface area contributed by atoms with Crippen LogP contribution in [-0.2, 0) is 9.59 Å². The highest BCUT2D eigenvalue weighted by molar-refractivity contribution is 5.90. The Morgan fingerprint density at radius 1 is 1.00 bits per heavy atom. The average molecular weight is 417 g/mol. The number of Topliss-reactive ketones (excluding diaryl/α,β-unsaturated/α-hetero) is 2. The van der Waals surface area contributed by atoms with Gasteiger partial charge in [0.05, 0.1) is 6.10 Å². The van der Waals surface area contributed by atoms with Crippen LogP contribution in [-0.4, -0.2) is 22.8 Å². The smallest absolute Gasteiger partial charge is 0.137 e. The number of aliphatic hydroxyl groups excluding tert-OH is 1. The lowest BCUT2D eigenvalue weighted by Gasteiger charge is -2.59. The second-order valence-corrected chi connectivity index (χ2v) is 12.5. The molecule has 9 atom stereocenters. The van der Waals surface area contributed by atoms with Gasteiger partial charge in [0.1, 0.15) is 11.6 Å². The summed E-state index contributed by atoms with van der Waals surface area (Å²) in [6.07, 6.45) is 9.42. The second-order valence-electron chi connectivity index (χ2n) is 12.5. The first-order valence-electron chi connectivity index (χ1n) is 12.8. The SMILES string of the molecule is CC(C)CCC[C@@H](C)[C@H]1C(O)C[C@H]2[C@@H]3CC(=O)C4CC(=O)CC[C@]4(C)[C@H]3CC[C@]12C. The van der Waals surface area contributed by atoms with Crippen molar-refractivity contribution in [3.05, 3.63) is 0 Å². The molecule has 0 spiro atoms. The molecule has 4 aliphatic rings. The van der Waals surface area contributed by atoms with Gasteiger partial charge in [-0.25, -0.2) is 0 Å². The molecule has 0 aromatic carbocycles. The molecule has 0 saturated heterocycles. The van der Waals surface area contributed by atoms with Crippen molar-refractivity contribution < 1.29 is 14.7 Å². The summed E-state index contributed by atoms with van der Waals surface area (Å²) in [5, 5.41) is 11.2. The number of aliphatic hydroxyl groups is 1. The number of ketones is 2. The standard InChI is InChI=1S/C27H44O3/c1-16(2)7-6-8-17(3)25-24(30)15-21-19-14-23(29)22-13-18(28)9-11-26(22,4)20(19)10-12-27(21,25)5/h16-17,19-22,24-25,30H,6-15H2,1-5H3/t17-,19-,20+,21+,22?,24?,25+,26-,27+/m1/s1. The molecule has 4 fully saturated rings. The highest BCUT2D eigenvalue weighted by Crippen LogP contribution is 2.67. The number of rotatable bonds is 5. The molecule has 4 aliphatic carbocycles. The summed E-state index contributed by atoms with van der Waals surface area (Å²) in [5.41, 5.74) is 0.160. The summed E-state index contributed by atoms with van der Waals surface area (Å²) in [7, 11) is 0. The van der Waals surface area contributed by atoms with E-state index < -0.39 is 0 Å². The minimum absolute atomic E-state index is 0.00115. The number of carbonyl (C=O) groups is 2. The van der Waals surface area contributed by atoms with Crippen LogP contribution in [0, 0.1) is 52.3 Å². The molecular formula is C27H44O3. The quantitative estimate of drug-likeness (QED) is 0.614. The third kappa shape index (κ3) is 3.51. The molecule has 4 rings (SSSR count). The first-order valence-corrected chi connectivity index (χ1v) is 12.8. The van der Waals surface area contributed by atoms with Crippen LogP contribution in [0.5, 0.6) is 0 Å². The van der Waals surface area contributed by atoms with E-state index in [1.54, 1.807) is 0 Å². The van der Waals surface area contributed by atoms with Crippen molar-refractivity contribution >= 4 is 11.6 Å². The summed E-state index contributed by atoms with van der Waals surface area (Å²) in [4.78, 5) is 25.3. The van der Waals surface area contributed by atoms with Crippen molar-refractivity contribution in [3.63, 3.8) is 0 Å². The van der Waals surface area contributed by atoms with E-state index in [1.165, 1.54) is 32.1 Å². The van der Waals surface area contributed by atoms with Crippen LogP contribution in [0.25, 0.3) is 0 Å². The third-order valence-electron chi connectivity index (χ3n) is 10.4. The number of fused-ring (bicyclic) bond motifs is 5. The number of hydrogen-bond acceptors (Lipinski definition) is 3. The second kappa shape index (κ2) is 8.01. The van der Waals surface area contributed by atoms with E-state index >= 15 is 0 Å². The molecule has 1 N–H and O–H groups in total. The van der Waals surface area contributed by atoms with Gasteiger partial charge in [-0.1, -0.05) is 53.9 Å². The Hall–Kier alpha value is -0.700. The van der Waals surface area contributed by atoms with E-state index in [0.717, 1.165) is 18.8 Å². The van der Waals surface area contributed by atoms with Crippen molar-refractivity contribution in [2.24, 2.45) is 52.3 Å². The van der Waals surface area contributed by atoms with Crippen molar-refractivity contribution in [3.8, 4) is 0 Å². The molecule has 0 radical (unpaired) electrons. The lowest BCUT2D eigenvalue weighted by atomic mass is 9.44. The van der Waals surface area contributed by atoms with E-state index in [9.17, 15) is 14.7 Å². The Bertz CT molecular complexity index is 684. The molecule has 0 amide bonds. The van der Waals surface area contributed by atoms with Gasteiger partial charge in [0.25, 0.3) is 0 Å². The molecule has 2 unspecified atom stereocenters. The van der Waals surface area contributed by atoms with Gasteiger partial charge in [-0.05, 0) is 72.0 Å². The molecule has 0 aromatic rings. The predicted octanol–water partition coefficient (Wildman–Crippen LogP) is 5.83. The minimum atomic E-state index is -0.221. The van der Waals surface area contributed by atoms with Crippen molar-refractivity contribution in [1.29, 1.82) is 0 Å². The van der Waals surface area contributed by atoms with Crippen LogP contribution in [0.15, 0.2) is 0 Å².